The molecule has 1 aromatic carbocycles. The van der Waals surface area contributed by atoms with Crippen LogP contribution in [0.5, 0.6) is 5.75 Å². The first-order chi connectivity index (χ1) is 14.7. The van der Waals surface area contributed by atoms with E-state index in [0.29, 0.717) is 11.7 Å². The van der Waals surface area contributed by atoms with E-state index in [1.54, 1.807) is 7.11 Å². The Labute approximate surface area is 177 Å². The molecule has 4 aliphatic rings. The average Bonchev–Trinajstić information content (AvgIpc) is 3.41. The summed E-state index contributed by atoms with van der Waals surface area (Å²) in [5.41, 5.74) is 5.15. The summed E-state index contributed by atoms with van der Waals surface area (Å²) in [5, 5.41) is 23.7. The van der Waals surface area contributed by atoms with Crippen LogP contribution in [0.15, 0.2) is 18.2 Å². The summed E-state index contributed by atoms with van der Waals surface area (Å²) in [5.74, 6) is 1.76. The minimum Gasteiger partial charge on any atom is -0.507 e. The first-order valence-corrected chi connectivity index (χ1v) is 11.4. The maximum absolute atomic E-state index is 10.8. The number of hydrogen-bond donors (Lipinski definition) is 2. The molecule has 1 saturated heterocycles. The minimum absolute atomic E-state index is 0.0609. The number of aromatic hydroxyl groups is 1. The molecule has 3 heterocycles. The lowest BCUT2D eigenvalue weighted by molar-refractivity contribution is 0.0324. The van der Waals surface area contributed by atoms with E-state index in [4.69, 9.17) is 9.47 Å². The van der Waals surface area contributed by atoms with Crippen LogP contribution in [0.4, 0.5) is 5.82 Å². The van der Waals surface area contributed by atoms with Crippen LogP contribution in [-0.2, 0) is 15.9 Å². The zero-order valence-electron chi connectivity index (χ0n) is 17.4. The van der Waals surface area contributed by atoms with Crippen LogP contribution in [0.1, 0.15) is 73.7 Å². The van der Waals surface area contributed by atoms with Crippen LogP contribution in [0.3, 0.4) is 0 Å². The van der Waals surface area contributed by atoms with Gasteiger partial charge in [-0.15, -0.1) is 10.2 Å². The lowest BCUT2D eigenvalue weighted by atomic mass is 9.93. The molecule has 158 valence electrons. The highest BCUT2D eigenvalue weighted by Gasteiger charge is 2.39. The summed E-state index contributed by atoms with van der Waals surface area (Å²) < 4.78 is 11.9. The number of ether oxygens (including phenoxy) is 2. The van der Waals surface area contributed by atoms with Gasteiger partial charge in [-0.3, -0.25) is 0 Å². The highest BCUT2D eigenvalue weighted by molar-refractivity contribution is 5.73. The average molecular weight is 408 g/mol. The van der Waals surface area contributed by atoms with Gasteiger partial charge in [0.25, 0.3) is 0 Å². The molecule has 2 bridgehead atoms. The highest BCUT2D eigenvalue weighted by Crippen LogP contribution is 2.48. The van der Waals surface area contributed by atoms with Crippen LogP contribution in [0.2, 0.25) is 0 Å². The summed E-state index contributed by atoms with van der Waals surface area (Å²) in [6.45, 7) is 0. The van der Waals surface area contributed by atoms with Gasteiger partial charge in [-0.25, -0.2) is 0 Å². The monoisotopic (exact) mass is 407 g/mol. The Kier molecular flexibility index (Phi) is 4.46. The van der Waals surface area contributed by atoms with Crippen LogP contribution in [0.25, 0.3) is 11.3 Å². The second kappa shape index (κ2) is 7.20. The quantitative estimate of drug-likeness (QED) is 0.761. The van der Waals surface area contributed by atoms with Gasteiger partial charge in [0.2, 0.25) is 0 Å². The third-order valence-corrected chi connectivity index (χ3v) is 7.38. The molecule has 0 amide bonds. The lowest BCUT2D eigenvalue weighted by Gasteiger charge is -2.29. The predicted octanol–water partition coefficient (Wildman–Crippen LogP) is 4.48. The van der Waals surface area contributed by atoms with Crippen molar-refractivity contribution in [1.82, 2.24) is 10.2 Å². The summed E-state index contributed by atoms with van der Waals surface area (Å²) in [6.07, 6.45) is 9.17. The molecule has 2 saturated carbocycles. The molecule has 6 rings (SSSR count). The Balaban J connectivity index is 1.41. The third kappa shape index (κ3) is 3.08. The zero-order chi connectivity index (χ0) is 20.2. The Bertz CT molecular complexity index is 974. The number of nitrogens with zero attached hydrogens (tertiary/aromatic N) is 2. The van der Waals surface area contributed by atoms with E-state index < -0.39 is 0 Å². The summed E-state index contributed by atoms with van der Waals surface area (Å²) >= 11 is 0. The summed E-state index contributed by atoms with van der Waals surface area (Å²) in [7, 11) is 1.79. The Morgan fingerprint density at radius 3 is 2.80 bits per heavy atom. The number of aromatic nitrogens is 2. The number of anilines is 1. The standard InChI is InChI=1S/C24H29N3O3/c1-29-20-4-2-3-18(20)25-24-22-17(12-15-8-10-21(22)30-15)23(26-27-24)16-9-7-14(11-19(16)28)13-5-6-13/h7,9,11,13,15,18,20-21,28H,2-6,8,10,12H2,1H3,(H,25,27)/t15?,18-,20-,21?/m1/s1. The van der Waals surface area contributed by atoms with E-state index in [2.05, 4.69) is 21.6 Å². The number of hydrogen-bond acceptors (Lipinski definition) is 6. The smallest absolute Gasteiger partial charge is 0.155 e. The van der Waals surface area contributed by atoms with E-state index in [0.717, 1.165) is 61.2 Å². The predicted molar refractivity (Wildman–Crippen MR) is 114 cm³/mol. The second-order valence-corrected chi connectivity index (χ2v) is 9.32. The van der Waals surface area contributed by atoms with Crippen molar-refractivity contribution in [2.75, 3.05) is 12.4 Å². The molecule has 1 aromatic heterocycles. The maximum atomic E-state index is 10.8. The summed E-state index contributed by atoms with van der Waals surface area (Å²) in [4.78, 5) is 0. The molecule has 2 unspecified atom stereocenters. The fourth-order valence-corrected chi connectivity index (χ4v) is 5.63. The fourth-order valence-electron chi connectivity index (χ4n) is 5.63. The van der Waals surface area contributed by atoms with Crippen molar-refractivity contribution in [3.05, 3.63) is 34.9 Å². The molecule has 2 aromatic rings. The number of fused-ring (bicyclic) bond motifs is 4. The van der Waals surface area contributed by atoms with Crippen LogP contribution in [0, 0.1) is 0 Å². The third-order valence-electron chi connectivity index (χ3n) is 7.38. The molecule has 2 aliphatic carbocycles. The van der Waals surface area contributed by atoms with Gasteiger partial charge in [0.1, 0.15) is 11.4 Å². The van der Waals surface area contributed by atoms with E-state index in [1.807, 2.05) is 12.1 Å². The number of phenols is 1. The fraction of sp³-hybridized carbons (Fsp3) is 0.583. The number of nitrogens with one attached hydrogen (secondary N) is 1. The van der Waals surface area contributed by atoms with Gasteiger partial charge in [-0.1, -0.05) is 6.07 Å². The van der Waals surface area contributed by atoms with Crippen LogP contribution in [-0.4, -0.2) is 40.7 Å². The topological polar surface area (TPSA) is 76.5 Å². The van der Waals surface area contributed by atoms with Gasteiger partial charge >= 0.3 is 0 Å². The SMILES string of the molecule is CO[C@@H]1CCC[C@H]1Nc1nnc(-c2ccc(C3CC3)cc2O)c2c1C1CCC(C2)O1. The molecular weight excluding hydrogens is 378 g/mol. The zero-order valence-corrected chi connectivity index (χ0v) is 17.4. The highest BCUT2D eigenvalue weighted by atomic mass is 16.5. The van der Waals surface area contributed by atoms with Crippen molar-refractivity contribution in [3.8, 4) is 17.0 Å². The van der Waals surface area contributed by atoms with E-state index in [-0.39, 0.29) is 24.4 Å². The van der Waals surface area contributed by atoms with Gasteiger partial charge in [-0.05, 0) is 74.1 Å². The number of phenolic OH excluding ortho intramolecular Hbond substituents is 1. The molecule has 0 radical (unpaired) electrons. The largest absolute Gasteiger partial charge is 0.507 e. The Hall–Kier alpha value is -2.18. The molecule has 30 heavy (non-hydrogen) atoms. The van der Waals surface area contributed by atoms with E-state index >= 15 is 0 Å². The van der Waals surface area contributed by atoms with Crippen molar-refractivity contribution in [3.63, 3.8) is 0 Å². The van der Waals surface area contributed by atoms with Crippen molar-refractivity contribution in [1.29, 1.82) is 0 Å². The Morgan fingerprint density at radius 2 is 2.00 bits per heavy atom. The van der Waals surface area contributed by atoms with Crippen molar-refractivity contribution < 1.29 is 14.6 Å². The summed E-state index contributed by atoms with van der Waals surface area (Å²) in [6, 6.07) is 6.34. The maximum Gasteiger partial charge on any atom is 0.155 e. The van der Waals surface area contributed by atoms with Crippen molar-refractivity contribution >= 4 is 5.82 Å². The van der Waals surface area contributed by atoms with E-state index in [1.165, 1.54) is 24.0 Å². The lowest BCUT2D eigenvalue weighted by Crippen LogP contribution is -2.32. The van der Waals surface area contributed by atoms with Crippen LogP contribution >= 0.6 is 0 Å². The normalized spacial score (nSPS) is 29.8. The molecule has 0 spiro atoms. The number of methoxy groups -OCH3 is 1. The minimum atomic E-state index is 0.0609. The van der Waals surface area contributed by atoms with Gasteiger partial charge in [0.05, 0.1) is 24.4 Å². The molecule has 2 N–H and O–H groups in total. The number of rotatable bonds is 5. The molecule has 4 atom stereocenters. The number of benzene rings is 1. The molecule has 2 aliphatic heterocycles. The van der Waals surface area contributed by atoms with Gasteiger partial charge < -0.3 is 19.9 Å². The van der Waals surface area contributed by atoms with Crippen molar-refractivity contribution in [2.24, 2.45) is 0 Å². The van der Waals surface area contributed by atoms with Gasteiger partial charge in [0.15, 0.2) is 5.82 Å². The first-order valence-electron chi connectivity index (χ1n) is 11.4. The van der Waals surface area contributed by atoms with E-state index in [9.17, 15) is 5.11 Å². The van der Waals surface area contributed by atoms with Crippen LogP contribution < -0.4 is 5.32 Å². The molecule has 6 nitrogen and oxygen atoms in total. The Morgan fingerprint density at radius 1 is 1.10 bits per heavy atom. The molecular formula is C24H29N3O3. The van der Waals surface area contributed by atoms with Crippen molar-refractivity contribution in [2.45, 2.75) is 81.6 Å². The second-order valence-electron chi connectivity index (χ2n) is 9.32. The molecule has 6 heteroatoms. The van der Waals surface area contributed by atoms with Gasteiger partial charge in [-0.2, -0.15) is 0 Å². The first kappa shape index (κ1) is 18.6. The molecule has 3 fully saturated rings. The van der Waals surface area contributed by atoms with Gasteiger partial charge in [0, 0.05) is 24.7 Å².